The van der Waals surface area contributed by atoms with Crippen LogP contribution in [-0.4, -0.2) is 51.8 Å². The first kappa shape index (κ1) is 16.5. The van der Waals surface area contributed by atoms with Crippen molar-refractivity contribution in [3.63, 3.8) is 0 Å². The second-order valence-electron chi connectivity index (χ2n) is 7.66. The maximum absolute atomic E-state index is 12.8. The van der Waals surface area contributed by atoms with Gasteiger partial charge in [-0.15, -0.1) is 0 Å². The standard InChI is InChI=1S/C20H24N2O3/c1-19(24)8-11-25-20(14-19)6-9-22(10-7-20)18(23)17-12-15-4-2-3-5-16(15)13-21-17/h2-5,12-13,24H,6-11,14H2,1H3. The van der Waals surface area contributed by atoms with Crippen LogP contribution < -0.4 is 0 Å². The van der Waals surface area contributed by atoms with Crippen LogP contribution in [0, 0.1) is 0 Å². The van der Waals surface area contributed by atoms with Crippen LogP contribution in [-0.2, 0) is 4.74 Å². The SMILES string of the molecule is CC1(O)CCOC2(CCN(C(=O)c3cc4ccccc4cn3)CC2)C1. The highest BCUT2D eigenvalue weighted by molar-refractivity contribution is 5.96. The quantitative estimate of drug-likeness (QED) is 0.867. The Morgan fingerprint density at radius 2 is 1.92 bits per heavy atom. The van der Waals surface area contributed by atoms with Crippen molar-refractivity contribution in [2.75, 3.05) is 19.7 Å². The van der Waals surface area contributed by atoms with E-state index in [1.807, 2.05) is 42.2 Å². The summed E-state index contributed by atoms with van der Waals surface area (Å²) in [6, 6.07) is 9.79. The number of carbonyl (C=O) groups excluding carboxylic acids is 1. The number of nitrogens with zero attached hydrogens (tertiary/aromatic N) is 2. The molecule has 1 N–H and O–H groups in total. The van der Waals surface area contributed by atoms with E-state index in [0.29, 0.717) is 38.2 Å². The van der Waals surface area contributed by atoms with Crippen LogP contribution in [0.5, 0.6) is 0 Å². The minimum absolute atomic E-state index is 0.0248. The molecule has 2 saturated heterocycles. The minimum atomic E-state index is -0.662. The Morgan fingerprint density at radius 3 is 2.64 bits per heavy atom. The molecule has 1 aromatic heterocycles. The van der Waals surface area contributed by atoms with Gasteiger partial charge < -0.3 is 14.7 Å². The maximum atomic E-state index is 12.8. The molecule has 3 heterocycles. The summed E-state index contributed by atoms with van der Waals surface area (Å²) in [5.41, 5.74) is -0.453. The van der Waals surface area contributed by atoms with Crippen LogP contribution in [0.25, 0.3) is 10.8 Å². The van der Waals surface area contributed by atoms with Crippen LogP contribution in [0.4, 0.5) is 0 Å². The summed E-state index contributed by atoms with van der Waals surface area (Å²) in [6.45, 7) is 3.76. The summed E-state index contributed by atoms with van der Waals surface area (Å²) in [5.74, 6) is -0.0248. The summed E-state index contributed by atoms with van der Waals surface area (Å²) in [4.78, 5) is 19.0. The number of pyridine rings is 1. The van der Waals surface area contributed by atoms with Gasteiger partial charge in [0.1, 0.15) is 5.69 Å². The third-order valence-electron chi connectivity index (χ3n) is 5.56. The predicted octanol–water partition coefficient (Wildman–Crippen LogP) is 2.77. The van der Waals surface area contributed by atoms with Gasteiger partial charge in [0.25, 0.3) is 5.91 Å². The summed E-state index contributed by atoms with van der Waals surface area (Å²) < 4.78 is 6.02. The molecule has 132 valence electrons. The van der Waals surface area contributed by atoms with Crippen LogP contribution in [0.1, 0.15) is 43.1 Å². The second kappa shape index (κ2) is 6.07. The lowest BCUT2D eigenvalue weighted by atomic mass is 9.78. The molecule has 1 spiro atoms. The predicted molar refractivity (Wildman–Crippen MR) is 95.4 cm³/mol. The summed E-state index contributed by atoms with van der Waals surface area (Å²) in [6.07, 6.45) is 4.62. The van der Waals surface area contributed by atoms with E-state index in [0.717, 1.165) is 23.6 Å². The number of hydrogen-bond donors (Lipinski definition) is 1. The highest BCUT2D eigenvalue weighted by atomic mass is 16.5. The molecule has 2 aromatic rings. The third kappa shape index (κ3) is 3.26. The average molecular weight is 340 g/mol. The van der Waals surface area contributed by atoms with Gasteiger partial charge in [0.15, 0.2) is 0 Å². The lowest BCUT2D eigenvalue weighted by molar-refractivity contribution is -0.170. The molecule has 0 saturated carbocycles. The number of likely N-dealkylation sites (tertiary alicyclic amines) is 1. The smallest absolute Gasteiger partial charge is 0.272 e. The average Bonchev–Trinajstić information content (AvgIpc) is 2.60. The van der Waals surface area contributed by atoms with Gasteiger partial charge in [0.05, 0.1) is 17.8 Å². The van der Waals surface area contributed by atoms with E-state index in [1.54, 1.807) is 6.20 Å². The molecule has 4 rings (SSSR count). The molecule has 2 aliphatic heterocycles. The molecule has 5 nitrogen and oxygen atoms in total. The normalized spacial score (nSPS) is 26.1. The first-order chi connectivity index (χ1) is 12.0. The minimum Gasteiger partial charge on any atom is -0.390 e. The highest BCUT2D eigenvalue weighted by Crippen LogP contribution is 2.39. The van der Waals surface area contributed by atoms with Crippen molar-refractivity contribution in [2.24, 2.45) is 0 Å². The fraction of sp³-hybridized carbons (Fsp3) is 0.500. The summed E-state index contributed by atoms with van der Waals surface area (Å²) in [5, 5.41) is 12.4. The Kier molecular flexibility index (Phi) is 4.01. The lowest BCUT2D eigenvalue weighted by Gasteiger charge is -2.48. The number of carbonyl (C=O) groups is 1. The molecule has 1 aromatic carbocycles. The van der Waals surface area contributed by atoms with E-state index in [4.69, 9.17) is 4.74 Å². The lowest BCUT2D eigenvalue weighted by Crippen LogP contribution is -2.54. The zero-order chi connectivity index (χ0) is 17.5. The van der Waals surface area contributed by atoms with Gasteiger partial charge >= 0.3 is 0 Å². The van der Waals surface area contributed by atoms with Crippen molar-refractivity contribution in [1.29, 1.82) is 0 Å². The van der Waals surface area contributed by atoms with Gasteiger partial charge in [-0.2, -0.15) is 0 Å². The first-order valence-electron chi connectivity index (χ1n) is 8.97. The molecule has 1 amide bonds. The van der Waals surface area contributed by atoms with Gasteiger partial charge in [-0.1, -0.05) is 24.3 Å². The zero-order valence-corrected chi connectivity index (χ0v) is 14.6. The number of fused-ring (bicyclic) bond motifs is 1. The van der Waals surface area contributed by atoms with Crippen molar-refractivity contribution in [2.45, 2.75) is 43.8 Å². The van der Waals surface area contributed by atoms with Gasteiger partial charge in [-0.05, 0) is 37.6 Å². The number of hydrogen-bond acceptors (Lipinski definition) is 4. The Hall–Kier alpha value is -1.98. The van der Waals surface area contributed by atoms with Crippen LogP contribution in [0.2, 0.25) is 0 Å². The second-order valence-corrected chi connectivity index (χ2v) is 7.66. The molecular formula is C20H24N2O3. The largest absolute Gasteiger partial charge is 0.390 e. The Bertz CT molecular complexity index is 794. The topological polar surface area (TPSA) is 62.7 Å². The fourth-order valence-corrected chi connectivity index (χ4v) is 4.12. The molecular weight excluding hydrogens is 316 g/mol. The Balaban J connectivity index is 1.47. The number of benzene rings is 1. The van der Waals surface area contributed by atoms with E-state index in [-0.39, 0.29) is 11.5 Å². The van der Waals surface area contributed by atoms with Crippen molar-refractivity contribution in [3.8, 4) is 0 Å². The van der Waals surface area contributed by atoms with Gasteiger partial charge in [-0.25, -0.2) is 0 Å². The molecule has 25 heavy (non-hydrogen) atoms. The van der Waals surface area contributed by atoms with Crippen LogP contribution in [0.3, 0.4) is 0 Å². The monoisotopic (exact) mass is 340 g/mol. The van der Waals surface area contributed by atoms with Gasteiger partial charge in [0.2, 0.25) is 0 Å². The first-order valence-corrected chi connectivity index (χ1v) is 8.97. The van der Waals surface area contributed by atoms with Crippen molar-refractivity contribution < 1.29 is 14.6 Å². The van der Waals surface area contributed by atoms with E-state index in [9.17, 15) is 9.90 Å². The van der Waals surface area contributed by atoms with Gasteiger partial charge in [-0.3, -0.25) is 9.78 Å². The number of aliphatic hydroxyl groups is 1. The van der Waals surface area contributed by atoms with Crippen molar-refractivity contribution >= 4 is 16.7 Å². The van der Waals surface area contributed by atoms with E-state index in [2.05, 4.69) is 4.98 Å². The molecule has 0 aliphatic carbocycles. The molecule has 0 radical (unpaired) electrons. The molecule has 1 atom stereocenters. The highest BCUT2D eigenvalue weighted by Gasteiger charge is 2.45. The Morgan fingerprint density at radius 1 is 1.20 bits per heavy atom. The molecule has 0 bridgehead atoms. The van der Waals surface area contributed by atoms with Crippen LogP contribution >= 0.6 is 0 Å². The number of piperidine rings is 1. The molecule has 5 heteroatoms. The van der Waals surface area contributed by atoms with Gasteiger partial charge in [0, 0.05) is 31.1 Å². The molecule has 1 unspecified atom stereocenters. The number of rotatable bonds is 1. The molecule has 2 aliphatic rings. The van der Waals surface area contributed by atoms with Crippen LogP contribution in [0.15, 0.2) is 36.5 Å². The van der Waals surface area contributed by atoms with E-state index >= 15 is 0 Å². The van der Waals surface area contributed by atoms with Crippen molar-refractivity contribution in [1.82, 2.24) is 9.88 Å². The van der Waals surface area contributed by atoms with E-state index < -0.39 is 5.60 Å². The molecule has 2 fully saturated rings. The van der Waals surface area contributed by atoms with Crippen molar-refractivity contribution in [3.05, 3.63) is 42.2 Å². The third-order valence-corrected chi connectivity index (χ3v) is 5.56. The summed E-state index contributed by atoms with van der Waals surface area (Å²) >= 11 is 0. The number of amides is 1. The Labute approximate surface area is 147 Å². The number of ether oxygens (including phenoxy) is 1. The maximum Gasteiger partial charge on any atom is 0.272 e. The number of aromatic nitrogens is 1. The zero-order valence-electron chi connectivity index (χ0n) is 14.6. The summed E-state index contributed by atoms with van der Waals surface area (Å²) in [7, 11) is 0. The van der Waals surface area contributed by atoms with E-state index in [1.165, 1.54) is 0 Å². The fourth-order valence-electron chi connectivity index (χ4n) is 4.12.